The molecule has 1 saturated heterocycles. The zero-order chi connectivity index (χ0) is 8.81. The molecule has 0 bridgehead atoms. The molecule has 0 aliphatic carbocycles. The van der Waals surface area contributed by atoms with E-state index in [1.165, 1.54) is 0 Å². The third kappa shape index (κ3) is 3.32. The number of ketones is 1. The van der Waals surface area contributed by atoms with Crippen molar-refractivity contribution in [3.63, 3.8) is 0 Å². The molecule has 0 spiro atoms. The van der Waals surface area contributed by atoms with E-state index in [0.29, 0.717) is 6.42 Å². The van der Waals surface area contributed by atoms with Crippen LogP contribution in [0.25, 0.3) is 0 Å². The Morgan fingerprint density at radius 2 is 2.42 bits per heavy atom. The van der Waals surface area contributed by atoms with Gasteiger partial charge in [-0.3, -0.25) is 4.79 Å². The molecule has 12 heavy (non-hydrogen) atoms. The minimum absolute atomic E-state index is 0.130. The van der Waals surface area contributed by atoms with Gasteiger partial charge in [0.1, 0.15) is 6.61 Å². The second-order valence-electron chi connectivity index (χ2n) is 3.00. The van der Waals surface area contributed by atoms with Crippen LogP contribution in [0, 0.1) is 0 Å². The first-order valence-electron chi connectivity index (χ1n) is 4.58. The Morgan fingerprint density at radius 3 is 3.00 bits per heavy atom. The van der Waals surface area contributed by atoms with Crippen LogP contribution in [-0.2, 0) is 14.3 Å². The van der Waals surface area contributed by atoms with Gasteiger partial charge in [0.05, 0.1) is 0 Å². The van der Waals surface area contributed by atoms with Gasteiger partial charge in [-0.1, -0.05) is 6.92 Å². The maximum atomic E-state index is 10.9. The van der Waals surface area contributed by atoms with Crippen molar-refractivity contribution in [2.24, 2.45) is 0 Å². The fourth-order valence-corrected chi connectivity index (χ4v) is 1.13. The van der Waals surface area contributed by atoms with Crippen molar-refractivity contribution in [2.45, 2.75) is 38.9 Å². The van der Waals surface area contributed by atoms with Crippen molar-refractivity contribution in [3.8, 4) is 0 Å². The van der Waals surface area contributed by atoms with Crippen molar-refractivity contribution in [1.29, 1.82) is 0 Å². The standard InChI is InChI=1S/C9H16O3/c1-2-8(10)7-12-9-5-3-4-6-11-9/h9H,2-7H2,1H3/t9-/m1/s1. The average molecular weight is 172 g/mol. The monoisotopic (exact) mass is 172 g/mol. The van der Waals surface area contributed by atoms with Gasteiger partial charge in [-0.15, -0.1) is 0 Å². The first-order chi connectivity index (χ1) is 5.83. The van der Waals surface area contributed by atoms with Gasteiger partial charge in [0.25, 0.3) is 0 Å². The molecule has 1 atom stereocenters. The molecule has 0 aromatic heterocycles. The number of carbonyl (C=O) groups is 1. The van der Waals surface area contributed by atoms with Crippen molar-refractivity contribution in [3.05, 3.63) is 0 Å². The van der Waals surface area contributed by atoms with E-state index >= 15 is 0 Å². The van der Waals surface area contributed by atoms with E-state index in [2.05, 4.69) is 0 Å². The van der Waals surface area contributed by atoms with E-state index in [1.54, 1.807) is 0 Å². The van der Waals surface area contributed by atoms with Crippen LogP contribution in [0.5, 0.6) is 0 Å². The lowest BCUT2D eigenvalue weighted by Crippen LogP contribution is -2.24. The third-order valence-corrected chi connectivity index (χ3v) is 1.96. The number of carbonyl (C=O) groups excluding carboxylic acids is 1. The minimum atomic E-state index is -0.130. The smallest absolute Gasteiger partial charge is 0.158 e. The molecule has 1 fully saturated rings. The first-order valence-corrected chi connectivity index (χ1v) is 4.58. The predicted octanol–water partition coefficient (Wildman–Crippen LogP) is 1.51. The number of Topliss-reactive ketones (excluding diaryl/α,β-unsaturated/α-hetero) is 1. The van der Waals surface area contributed by atoms with Crippen LogP contribution >= 0.6 is 0 Å². The van der Waals surface area contributed by atoms with Crippen molar-refractivity contribution in [1.82, 2.24) is 0 Å². The SMILES string of the molecule is CCC(=O)CO[C@@H]1CCCCO1. The normalized spacial score (nSPS) is 23.9. The van der Waals surface area contributed by atoms with Crippen LogP contribution in [-0.4, -0.2) is 25.3 Å². The molecule has 0 amide bonds. The molecule has 3 heteroatoms. The second kappa shape index (κ2) is 5.27. The van der Waals surface area contributed by atoms with Crippen LogP contribution < -0.4 is 0 Å². The lowest BCUT2D eigenvalue weighted by molar-refractivity contribution is -0.168. The van der Waals surface area contributed by atoms with Gasteiger partial charge in [-0.05, 0) is 19.3 Å². The molecular weight excluding hydrogens is 156 g/mol. The summed E-state index contributed by atoms with van der Waals surface area (Å²) >= 11 is 0. The fraction of sp³-hybridized carbons (Fsp3) is 0.889. The third-order valence-electron chi connectivity index (χ3n) is 1.96. The molecule has 1 aliphatic rings. The Bertz CT molecular complexity index is 139. The van der Waals surface area contributed by atoms with Crippen LogP contribution in [0.3, 0.4) is 0 Å². The van der Waals surface area contributed by atoms with E-state index in [-0.39, 0.29) is 18.7 Å². The molecule has 0 radical (unpaired) electrons. The molecule has 0 aromatic rings. The van der Waals surface area contributed by atoms with E-state index in [0.717, 1.165) is 25.9 Å². The summed E-state index contributed by atoms with van der Waals surface area (Å²) in [6.45, 7) is 2.82. The summed E-state index contributed by atoms with van der Waals surface area (Å²) in [6, 6.07) is 0. The van der Waals surface area contributed by atoms with Gasteiger partial charge in [0, 0.05) is 13.0 Å². The van der Waals surface area contributed by atoms with E-state index in [4.69, 9.17) is 9.47 Å². The highest BCUT2D eigenvalue weighted by atomic mass is 16.7. The van der Waals surface area contributed by atoms with E-state index in [1.807, 2.05) is 6.92 Å². The number of hydrogen-bond acceptors (Lipinski definition) is 3. The lowest BCUT2D eigenvalue weighted by atomic mass is 10.2. The van der Waals surface area contributed by atoms with Gasteiger partial charge < -0.3 is 9.47 Å². The molecule has 0 saturated carbocycles. The van der Waals surface area contributed by atoms with Crippen LogP contribution in [0.15, 0.2) is 0 Å². The zero-order valence-electron chi connectivity index (χ0n) is 7.54. The van der Waals surface area contributed by atoms with Gasteiger partial charge in [0.2, 0.25) is 0 Å². The molecule has 70 valence electrons. The van der Waals surface area contributed by atoms with Gasteiger partial charge in [0.15, 0.2) is 12.1 Å². The summed E-state index contributed by atoms with van der Waals surface area (Å²) in [5.41, 5.74) is 0. The minimum Gasteiger partial charge on any atom is -0.353 e. The van der Waals surface area contributed by atoms with Crippen molar-refractivity contribution < 1.29 is 14.3 Å². The number of ether oxygens (including phenoxy) is 2. The predicted molar refractivity (Wildman–Crippen MR) is 44.8 cm³/mol. The number of hydrogen-bond donors (Lipinski definition) is 0. The Labute approximate surface area is 73.0 Å². The second-order valence-corrected chi connectivity index (χ2v) is 3.00. The number of rotatable bonds is 4. The Hall–Kier alpha value is -0.410. The molecule has 0 N–H and O–H groups in total. The quantitative estimate of drug-likeness (QED) is 0.644. The topological polar surface area (TPSA) is 35.5 Å². The highest BCUT2D eigenvalue weighted by molar-refractivity contribution is 5.79. The van der Waals surface area contributed by atoms with Crippen LogP contribution in [0.1, 0.15) is 32.6 Å². The van der Waals surface area contributed by atoms with E-state index < -0.39 is 0 Å². The maximum absolute atomic E-state index is 10.9. The van der Waals surface area contributed by atoms with E-state index in [9.17, 15) is 4.79 Å². The molecule has 0 aromatic carbocycles. The Kier molecular flexibility index (Phi) is 4.25. The summed E-state index contributed by atoms with van der Waals surface area (Å²) in [5.74, 6) is 0.143. The highest BCUT2D eigenvalue weighted by Gasteiger charge is 2.14. The summed E-state index contributed by atoms with van der Waals surface area (Å²) in [6.07, 6.45) is 3.60. The Morgan fingerprint density at radius 1 is 1.58 bits per heavy atom. The van der Waals surface area contributed by atoms with Crippen molar-refractivity contribution in [2.75, 3.05) is 13.2 Å². The lowest BCUT2D eigenvalue weighted by Gasteiger charge is -2.22. The largest absolute Gasteiger partial charge is 0.353 e. The van der Waals surface area contributed by atoms with Crippen molar-refractivity contribution >= 4 is 5.78 Å². The maximum Gasteiger partial charge on any atom is 0.158 e. The average Bonchev–Trinajstić information content (AvgIpc) is 2.16. The molecule has 3 nitrogen and oxygen atoms in total. The summed E-state index contributed by atoms with van der Waals surface area (Å²) in [7, 11) is 0. The van der Waals surface area contributed by atoms with Crippen LogP contribution in [0.4, 0.5) is 0 Å². The van der Waals surface area contributed by atoms with Gasteiger partial charge in [-0.25, -0.2) is 0 Å². The summed E-state index contributed by atoms with van der Waals surface area (Å²) in [4.78, 5) is 10.9. The summed E-state index contributed by atoms with van der Waals surface area (Å²) in [5, 5.41) is 0. The Balaban J connectivity index is 2.09. The fourth-order valence-electron chi connectivity index (χ4n) is 1.13. The summed E-state index contributed by atoms with van der Waals surface area (Å²) < 4.78 is 10.6. The molecule has 0 unspecified atom stereocenters. The van der Waals surface area contributed by atoms with Crippen LogP contribution in [0.2, 0.25) is 0 Å². The van der Waals surface area contributed by atoms with Gasteiger partial charge >= 0.3 is 0 Å². The molecule has 1 rings (SSSR count). The highest BCUT2D eigenvalue weighted by Crippen LogP contribution is 2.13. The zero-order valence-corrected chi connectivity index (χ0v) is 7.54. The molecule has 1 aliphatic heterocycles. The van der Waals surface area contributed by atoms with Gasteiger partial charge in [-0.2, -0.15) is 0 Å². The first kappa shape index (κ1) is 9.68. The molecular formula is C9H16O3. The molecule has 1 heterocycles.